The summed E-state index contributed by atoms with van der Waals surface area (Å²) in [4.78, 5) is 0. The summed E-state index contributed by atoms with van der Waals surface area (Å²) >= 11 is 3.02. The molecule has 0 aliphatic carbocycles. The zero-order chi connectivity index (χ0) is 12.6. The van der Waals surface area contributed by atoms with Gasteiger partial charge >= 0.3 is 0 Å². The van der Waals surface area contributed by atoms with Gasteiger partial charge in [0.1, 0.15) is 4.21 Å². The Labute approximate surface area is 110 Å². The van der Waals surface area contributed by atoms with E-state index in [1.807, 2.05) is 0 Å². The second-order valence-corrected chi connectivity index (χ2v) is 8.68. The SMILES string of the molecule is CCN[C@H]1C[C@H](C)Sc2sc(S(N)(=O)=O)cc21. The van der Waals surface area contributed by atoms with E-state index < -0.39 is 10.0 Å². The van der Waals surface area contributed by atoms with E-state index in [1.54, 1.807) is 17.8 Å². The number of primary sulfonamides is 1. The van der Waals surface area contributed by atoms with Crippen LogP contribution in [-0.2, 0) is 10.0 Å². The minimum atomic E-state index is -3.58. The van der Waals surface area contributed by atoms with Gasteiger partial charge in [-0.05, 0) is 24.6 Å². The van der Waals surface area contributed by atoms with Gasteiger partial charge < -0.3 is 5.32 Å². The van der Waals surface area contributed by atoms with E-state index in [9.17, 15) is 8.42 Å². The van der Waals surface area contributed by atoms with Gasteiger partial charge in [0.15, 0.2) is 0 Å². The molecule has 1 aromatic heterocycles. The van der Waals surface area contributed by atoms with E-state index in [-0.39, 0.29) is 10.3 Å². The summed E-state index contributed by atoms with van der Waals surface area (Å²) in [6.07, 6.45) is 1.02. The molecule has 1 aromatic rings. The lowest BCUT2D eigenvalue weighted by atomic mass is 10.1. The summed E-state index contributed by atoms with van der Waals surface area (Å²) in [7, 11) is -3.58. The minimum Gasteiger partial charge on any atom is -0.310 e. The van der Waals surface area contributed by atoms with E-state index in [0.717, 1.165) is 22.7 Å². The van der Waals surface area contributed by atoms with Crippen molar-refractivity contribution in [2.24, 2.45) is 5.14 Å². The Morgan fingerprint density at radius 3 is 2.88 bits per heavy atom. The first-order chi connectivity index (χ1) is 7.91. The summed E-state index contributed by atoms with van der Waals surface area (Å²) in [6, 6.07) is 1.97. The van der Waals surface area contributed by atoms with Crippen LogP contribution in [0.15, 0.2) is 14.5 Å². The van der Waals surface area contributed by atoms with Crippen LogP contribution < -0.4 is 10.5 Å². The molecule has 0 bridgehead atoms. The number of thiophene rings is 1. The molecular formula is C10H16N2O2S3. The molecule has 7 heteroatoms. The van der Waals surface area contributed by atoms with Crippen molar-refractivity contribution in [1.82, 2.24) is 5.32 Å². The largest absolute Gasteiger partial charge is 0.310 e. The molecule has 1 aliphatic rings. The number of nitrogens with two attached hydrogens (primary N) is 1. The number of fused-ring (bicyclic) bond motifs is 1. The summed E-state index contributed by atoms with van der Waals surface area (Å²) in [5, 5.41) is 9.07. The first-order valence-electron chi connectivity index (χ1n) is 5.48. The van der Waals surface area contributed by atoms with E-state index in [2.05, 4.69) is 19.2 Å². The Morgan fingerprint density at radius 1 is 1.59 bits per heavy atom. The summed E-state index contributed by atoms with van der Waals surface area (Å²) in [5.74, 6) is 0. The Bertz CT molecular complexity index is 510. The smallest absolute Gasteiger partial charge is 0.247 e. The molecule has 1 aliphatic heterocycles. The van der Waals surface area contributed by atoms with Crippen LogP contribution in [0, 0.1) is 0 Å². The minimum absolute atomic E-state index is 0.248. The lowest BCUT2D eigenvalue weighted by Crippen LogP contribution is -2.26. The molecule has 2 heterocycles. The summed E-state index contributed by atoms with van der Waals surface area (Å²) < 4.78 is 24.1. The van der Waals surface area contributed by atoms with E-state index >= 15 is 0 Å². The number of sulfonamides is 1. The first-order valence-corrected chi connectivity index (χ1v) is 8.72. The van der Waals surface area contributed by atoms with Crippen LogP contribution in [0.1, 0.15) is 31.9 Å². The first kappa shape index (κ1) is 13.4. The molecule has 0 aromatic carbocycles. The average molecular weight is 292 g/mol. The van der Waals surface area contributed by atoms with Crippen LogP contribution in [0.4, 0.5) is 0 Å². The number of hydrogen-bond acceptors (Lipinski definition) is 5. The third-order valence-electron chi connectivity index (χ3n) is 2.68. The molecule has 0 spiro atoms. The molecule has 0 saturated heterocycles. The predicted molar refractivity (Wildman–Crippen MR) is 72.0 cm³/mol. The van der Waals surface area contributed by atoms with Crippen LogP contribution in [0.25, 0.3) is 0 Å². The molecule has 0 radical (unpaired) electrons. The molecule has 0 saturated carbocycles. The molecule has 0 unspecified atom stereocenters. The fraction of sp³-hybridized carbons (Fsp3) is 0.600. The van der Waals surface area contributed by atoms with Gasteiger partial charge in [0.2, 0.25) is 10.0 Å². The van der Waals surface area contributed by atoms with Crippen LogP contribution in [-0.4, -0.2) is 20.2 Å². The highest BCUT2D eigenvalue weighted by molar-refractivity contribution is 8.02. The lowest BCUT2D eigenvalue weighted by Gasteiger charge is -2.27. The standard InChI is InChI=1S/C10H16N2O2S3/c1-3-12-8-4-6(2)15-10-7(8)5-9(16-10)17(11,13)14/h5-6,8,12H,3-4H2,1-2H3,(H2,11,13,14)/t6-,8-/m0/s1. The molecule has 0 fully saturated rings. The lowest BCUT2D eigenvalue weighted by molar-refractivity contribution is 0.503. The van der Waals surface area contributed by atoms with Gasteiger partial charge in [-0.2, -0.15) is 0 Å². The van der Waals surface area contributed by atoms with Gasteiger partial charge in [0.05, 0.1) is 4.21 Å². The second-order valence-electron chi connectivity index (χ2n) is 4.13. The van der Waals surface area contributed by atoms with E-state index in [4.69, 9.17) is 5.14 Å². The fourth-order valence-corrected chi connectivity index (χ4v) is 5.77. The third kappa shape index (κ3) is 2.85. The zero-order valence-corrected chi connectivity index (χ0v) is 12.2. The highest BCUT2D eigenvalue weighted by atomic mass is 32.3. The summed E-state index contributed by atoms with van der Waals surface area (Å²) in [6.45, 7) is 5.09. The van der Waals surface area contributed by atoms with Gasteiger partial charge in [-0.3, -0.25) is 0 Å². The Kier molecular flexibility index (Phi) is 3.84. The van der Waals surface area contributed by atoms with Crippen molar-refractivity contribution >= 4 is 33.1 Å². The van der Waals surface area contributed by atoms with Crippen LogP contribution in [0.3, 0.4) is 0 Å². The van der Waals surface area contributed by atoms with Crippen molar-refractivity contribution in [1.29, 1.82) is 0 Å². The Morgan fingerprint density at radius 2 is 2.29 bits per heavy atom. The van der Waals surface area contributed by atoms with Crippen molar-refractivity contribution in [3.63, 3.8) is 0 Å². The highest BCUT2D eigenvalue weighted by Crippen LogP contribution is 2.46. The Balaban J connectivity index is 2.41. The van der Waals surface area contributed by atoms with Gasteiger partial charge in [-0.25, -0.2) is 13.6 Å². The fourth-order valence-electron chi connectivity index (χ4n) is 1.97. The van der Waals surface area contributed by atoms with Crippen molar-refractivity contribution in [2.75, 3.05) is 6.54 Å². The van der Waals surface area contributed by atoms with E-state index in [0.29, 0.717) is 5.25 Å². The molecular weight excluding hydrogens is 276 g/mol. The number of thioether (sulfide) groups is 1. The average Bonchev–Trinajstić information content (AvgIpc) is 2.61. The normalized spacial score (nSPS) is 24.6. The maximum atomic E-state index is 11.4. The van der Waals surface area contributed by atoms with Crippen molar-refractivity contribution in [3.05, 3.63) is 11.6 Å². The monoisotopic (exact) mass is 292 g/mol. The van der Waals surface area contributed by atoms with E-state index in [1.165, 1.54) is 11.3 Å². The molecule has 3 N–H and O–H groups in total. The van der Waals surface area contributed by atoms with Gasteiger partial charge in [0.25, 0.3) is 0 Å². The zero-order valence-electron chi connectivity index (χ0n) is 9.76. The molecule has 96 valence electrons. The van der Waals surface area contributed by atoms with Crippen molar-refractivity contribution in [3.8, 4) is 0 Å². The Hall–Kier alpha value is -0.0800. The highest BCUT2D eigenvalue weighted by Gasteiger charge is 2.29. The maximum absolute atomic E-state index is 11.4. The summed E-state index contributed by atoms with van der Waals surface area (Å²) in [5.41, 5.74) is 1.09. The molecule has 2 atom stereocenters. The molecule has 4 nitrogen and oxygen atoms in total. The van der Waals surface area contributed by atoms with Gasteiger partial charge in [0, 0.05) is 11.3 Å². The van der Waals surface area contributed by atoms with Crippen LogP contribution in [0.5, 0.6) is 0 Å². The number of nitrogens with one attached hydrogen (secondary N) is 1. The molecule has 2 rings (SSSR count). The molecule has 17 heavy (non-hydrogen) atoms. The topological polar surface area (TPSA) is 72.2 Å². The van der Waals surface area contributed by atoms with Gasteiger partial charge in [-0.15, -0.1) is 23.1 Å². The second kappa shape index (κ2) is 4.89. The number of rotatable bonds is 3. The van der Waals surface area contributed by atoms with Crippen molar-refractivity contribution in [2.45, 2.75) is 40.0 Å². The van der Waals surface area contributed by atoms with Crippen molar-refractivity contribution < 1.29 is 8.42 Å². The van der Waals surface area contributed by atoms with Crippen LogP contribution in [0.2, 0.25) is 0 Å². The number of hydrogen-bond donors (Lipinski definition) is 2. The van der Waals surface area contributed by atoms with Crippen LogP contribution >= 0.6 is 23.1 Å². The predicted octanol–water partition coefficient (Wildman–Crippen LogP) is 1.93. The third-order valence-corrected chi connectivity index (χ3v) is 6.63. The quantitative estimate of drug-likeness (QED) is 0.893. The maximum Gasteiger partial charge on any atom is 0.247 e. The van der Waals surface area contributed by atoms with Gasteiger partial charge in [-0.1, -0.05) is 13.8 Å². The molecule has 0 amide bonds.